The van der Waals surface area contributed by atoms with Gasteiger partial charge in [0.2, 0.25) is 0 Å². The summed E-state index contributed by atoms with van der Waals surface area (Å²) < 4.78 is 41.8. The number of ether oxygens (including phenoxy) is 1. The lowest BCUT2D eigenvalue weighted by Gasteiger charge is -2.37. The second-order valence-corrected chi connectivity index (χ2v) is 13.9. The second-order valence-electron chi connectivity index (χ2n) is 10.5. The molecule has 32 heavy (non-hydrogen) atoms. The fourth-order valence-electron chi connectivity index (χ4n) is 6.10. The summed E-state index contributed by atoms with van der Waals surface area (Å²) in [4.78, 5) is 0. The molecule has 0 N–H and O–H groups in total. The molecule has 1 saturated heterocycles. The highest BCUT2D eigenvalue weighted by atomic mass is 28.3. The first-order valence-electron chi connectivity index (χ1n) is 13.2. The SMILES string of the molecule is CCC[Si@H]1CC[C@H]([C@H]2CC[C@H](CCCCc3ccc(OCCC(F)(F)F)cc3)CC2)CC1. The van der Waals surface area contributed by atoms with Crippen LogP contribution in [0.3, 0.4) is 0 Å². The quantitative estimate of drug-likeness (QED) is 0.233. The first-order chi connectivity index (χ1) is 15.4. The fraction of sp³-hybridized carbons (Fsp3) is 0.778. The standard InChI is InChI=1S/C27H43F3OSi/c1-2-19-32-20-15-25(16-21-32)24-11-7-22(8-12-24)5-3-4-6-23-9-13-26(14-10-23)31-18-17-27(28,29)30/h9-10,13-14,22,24-25,32H,2-8,11-12,15-21H2,1H3/t22-,24-,25-,32-. The van der Waals surface area contributed by atoms with E-state index in [4.69, 9.17) is 4.74 Å². The van der Waals surface area contributed by atoms with Crippen molar-refractivity contribution in [2.75, 3.05) is 6.61 Å². The van der Waals surface area contributed by atoms with Crippen LogP contribution in [0.5, 0.6) is 5.75 Å². The molecule has 0 bridgehead atoms. The highest BCUT2D eigenvalue weighted by molar-refractivity contribution is 6.58. The molecular weight excluding hydrogens is 425 g/mol. The number of halogens is 3. The van der Waals surface area contributed by atoms with E-state index in [1.807, 2.05) is 12.1 Å². The van der Waals surface area contributed by atoms with Gasteiger partial charge in [0.05, 0.1) is 13.0 Å². The summed E-state index contributed by atoms with van der Waals surface area (Å²) in [6.07, 6.45) is 10.2. The predicted molar refractivity (Wildman–Crippen MR) is 130 cm³/mol. The van der Waals surface area contributed by atoms with Crippen molar-refractivity contribution in [3.63, 3.8) is 0 Å². The molecule has 1 aromatic rings. The van der Waals surface area contributed by atoms with Crippen molar-refractivity contribution in [3.05, 3.63) is 29.8 Å². The summed E-state index contributed by atoms with van der Waals surface area (Å²) in [7, 11) is -0.339. The largest absolute Gasteiger partial charge is 0.493 e. The van der Waals surface area contributed by atoms with Crippen molar-refractivity contribution in [2.45, 2.75) is 108 Å². The zero-order valence-corrected chi connectivity index (χ0v) is 21.1. The van der Waals surface area contributed by atoms with Crippen LogP contribution in [0.15, 0.2) is 24.3 Å². The van der Waals surface area contributed by atoms with Crippen LogP contribution in [0.1, 0.15) is 83.1 Å². The average molecular weight is 469 g/mol. The maximum Gasteiger partial charge on any atom is 0.392 e. The van der Waals surface area contributed by atoms with E-state index in [-0.39, 0.29) is 15.4 Å². The monoisotopic (exact) mass is 468 g/mol. The van der Waals surface area contributed by atoms with Crippen molar-refractivity contribution in [1.29, 1.82) is 0 Å². The molecule has 1 aliphatic carbocycles. The number of benzene rings is 1. The zero-order chi connectivity index (χ0) is 22.8. The van der Waals surface area contributed by atoms with Crippen LogP contribution >= 0.6 is 0 Å². The highest BCUT2D eigenvalue weighted by Gasteiger charge is 2.31. The molecule has 0 amide bonds. The summed E-state index contributed by atoms with van der Waals surface area (Å²) in [6, 6.07) is 12.4. The predicted octanol–water partition coefficient (Wildman–Crippen LogP) is 8.58. The van der Waals surface area contributed by atoms with Gasteiger partial charge < -0.3 is 4.74 Å². The zero-order valence-electron chi connectivity index (χ0n) is 20.0. The molecule has 1 nitrogen and oxygen atoms in total. The van der Waals surface area contributed by atoms with E-state index in [0.717, 1.165) is 24.2 Å². The first-order valence-corrected chi connectivity index (χ1v) is 15.7. The van der Waals surface area contributed by atoms with Gasteiger partial charge >= 0.3 is 6.18 Å². The molecule has 2 aliphatic rings. The Balaban J connectivity index is 1.25. The Morgan fingerprint density at radius 3 is 2.19 bits per heavy atom. The van der Waals surface area contributed by atoms with Crippen LogP contribution in [-0.4, -0.2) is 21.6 Å². The van der Waals surface area contributed by atoms with Gasteiger partial charge in [0.15, 0.2) is 0 Å². The summed E-state index contributed by atoms with van der Waals surface area (Å²) in [5.41, 5.74) is 1.25. The fourth-order valence-corrected chi connectivity index (χ4v) is 9.59. The Labute approximate surface area is 195 Å². The van der Waals surface area contributed by atoms with E-state index in [1.165, 1.54) is 56.9 Å². The maximum absolute atomic E-state index is 12.2. The lowest BCUT2D eigenvalue weighted by Crippen LogP contribution is -2.28. The summed E-state index contributed by atoms with van der Waals surface area (Å²) in [6.45, 7) is 2.05. The van der Waals surface area contributed by atoms with Gasteiger partial charge in [-0.3, -0.25) is 0 Å². The van der Waals surface area contributed by atoms with Gasteiger partial charge in [0.1, 0.15) is 5.75 Å². The van der Waals surface area contributed by atoms with Crippen LogP contribution in [-0.2, 0) is 6.42 Å². The van der Waals surface area contributed by atoms with Gasteiger partial charge in [0.25, 0.3) is 0 Å². The van der Waals surface area contributed by atoms with Crippen molar-refractivity contribution >= 4 is 8.80 Å². The molecule has 0 aromatic heterocycles. The summed E-state index contributed by atoms with van der Waals surface area (Å²) >= 11 is 0. The molecule has 1 aromatic carbocycles. The van der Waals surface area contributed by atoms with Crippen molar-refractivity contribution < 1.29 is 17.9 Å². The van der Waals surface area contributed by atoms with Crippen molar-refractivity contribution in [1.82, 2.24) is 0 Å². The van der Waals surface area contributed by atoms with Crippen LogP contribution in [0.25, 0.3) is 0 Å². The van der Waals surface area contributed by atoms with Gasteiger partial charge in [-0.2, -0.15) is 13.2 Å². The molecule has 0 spiro atoms. The molecule has 0 atom stereocenters. The van der Waals surface area contributed by atoms with Gasteiger partial charge in [-0.25, -0.2) is 0 Å². The van der Waals surface area contributed by atoms with E-state index < -0.39 is 12.6 Å². The number of unbranched alkanes of at least 4 members (excludes halogenated alkanes) is 1. The topological polar surface area (TPSA) is 9.23 Å². The van der Waals surface area contributed by atoms with E-state index in [9.17, 15) is 13.2 Å². The molecule has 1 aliphatic heterocycles. The number of alkyl halides is 3. The Morgan fingerprint density at radius 1 is 0.906 bits per heavy atom. The van der Waals surface area contributed by atoms with E-state index >= 15 is 0 Å². The summed E-state index contributed by atoms with van der Waals surface area (Å²) in [5.74, 6) is 3.54. The van der Waals surface area contributed by atoms with E-state index in [2.05, 4.69) is 6.92 Å². The van der Waals surface area contributed by atoms with Crippen LogP contribution in [0, 0.1) is 17.8 Å². The molecule has 2 fully saturated rings. The van der Waals surface area contributed by atoms with Crippen molar-refractivity contribution in [2.24, 2.45) is 17.8 Å². The third-order valence-corrected chi connectivity index (χ3v) is 11.7. The Bertz CT molecular complexity index is 629. The van der Waals surface area contributed by atoms with Crippen LogP contribution < -0.4 is 4.74 Å². The lowest BCUT2D eigenvalue weighted by molar-refractivity contribution is -0.139. The number of hydrogen-bond acceptors (Lipinski definition) is 1. The average Bonchev–Trinajstić information content (AvgIpc) is 2.78. The minimum absolute atomic E-state index is 0.313. The first kappa shape index (κ1) is 25.6. The molecule has 0 unspecified atom stereocenters. The molecule has 182 valence electrons. The number of rotatable bonds is 11. The Morgan fingerprint density at radius 2 is 1.56 bits per heavy atom. The third-order valence-electron chi connectivity index (χ3n) is 8.05. The van der Waals surface area contributed by atoms with E-state index in [1.54, 1.807) is 43.1 Å². The molecule has 0 radical (unpaired) electrons. The molecule has 1 heterocycles. The Hall–Kier alpha value is -0.973. The van der Waals surface area contributed by atoms with Gasteiger partial charge in [0, 0.05) is 8.80 Å². The highest BCUT2D eigenvalue weighted by Crippen LogP contribution is 2.42. The van der Waals surface area contributed by atoms with E-state index in [0.29, 0.717) is 5.75 Å². The molecular formula is C27H43F3OSi. The number of hydrogen-bond donors (Lipinski definition) is 0. The minimum atomic E-state index is -4.16. The smallest absolute Gasteiger partial charge is 0.392 e. The normalized spacial score (nSPS) is 26.8. The van der Waals surface area contributed by atoms with Gasteiger partial charge in [-0.15, -0.1) is 0 Å². The molecule has 3 rings (SSSR count). The van der Waals surface area contributed by atoms with Crippen LogP contribution in [0.4, 0.5) is 13.2 Å². The summed E-state index contributed by atoms with van der Waals surface area (Å²) in [5, 5.41) is 0. The second kappa shape index (κ2) is 13.1. The van der Waals surface area contributed by atoms with Crippen LogP contribution in [0.2, 0.25) is 18.1 Å². The van der Waals surface area contributed by atoms with Crippen molar-refractivity contribution in [3.8, 4) is 5.75 Å². The Kier molecular flexibility index (Phi) is 10.5. The number of aryl methyl sites for hydroxylation is 1. The maximum atomic E-state index is 12.2. The third kappa shape index (κ3) is 9.11. The lowest BCUT2D eigenvalue weighted by atomic mass is 9.73. The van der Waals surface area contributed by atoms with Gasteiger partial charge in [-0.1, -0.05) is 82.1 Å². The molecule has 1 saturated carbocycles. The van der Waals surface area contributed by atoms with Gasteiger partial charge in [-0.05, 0) is 61.1 Å². The molecule has 5 heteroatoms. The minimum Gasteiger partial charge on any atom is -0.493 e.